The van der Waals surface area contributed by atoms with E-state index in [0.29, 0.717) is 38.3 Å². The van der Waals surface area contributed by atoms with E-state index in [0.717, 1.165) is 17.0 Å². The Bertz CT molecular complexity index is 879. The van der Waals surface area contributed by atoms with Gasteiger partial charge in [0.1, 0.15) is 18.4 Å². The van der Waals surface area contributed by atoms with Gasteiger partial charge in [0.2, 0.25) is 5.91 Å². The molecule has 156 valence electrons. The first-order chi connectivity index (χ1) is 13.9. The molecule has 1 aromatic heterocycles. The summed E-state index contributed by atoms with van der Waals surface area (Å²) < 4.78 is 5.77. The number of aryl methyl sites for hydroxylation is 3. The summed E-state index contributed by atoms with van der Waals surface area (Å²) in [5.74, 6) is 0.630. The molecule has 2 aromatic rings. The van der Waals surface area contributed by atoms with E-state index in [1.807, 2.05) is 44.9 Å². The summed E-state index contributed by atoms with van der Waals surface area (Å²) >= 11 is 0. The molecular weight excluding hydrogens is 370 g/mol. The van der Waals surface area contributed by atoms with E-state index >= 15 is 0 Å². The van der Waals surface area contributed by atoms with Crippen molar-refractivity contribution in [3.05, 3.63) is 46.8 Å². The van der Waals surface area contributed by atoms with E-state index in [9.17, 15) is 9.59 Å². The minimum atomic E-state index is -0.388. The highest BCUT2D eigenvalue weighted by molar-refractivity contribution is 5.95. The number of H-pyrrole nitrogens is 1. The largest absolute Gasteiger partial charge is 0.491 e. The number of carbonyl (C=O) groups excluding carboxylic acids is 2. The van der Waals surface area contributed by atoms with Crippen LogP contribution >= 0.6 is 0 Å². The second-order valence-corrected chi connectivity index (χ2v) is 7.56. The van der Waals surface area contributed by atoms with Crippen molar-refractivity contribution in [2.45, 2.75) is 26.8 Å². The number of piperazine rings is 1. The molecule has 1 aliphatic heterocycles. The average molecular weight is 399 g/mol. The number of rotatable bonds is 6. The van der Waals surface area contributed by atoms with Gasteiger partial charge in [0.15, 0.2) is 0 Å². The van der Waals surface area contributed by atoms with Crippen molar-refractivity contribution >= 4 is 11.8 Å². The van der Waals surface area contributed by atoms with E-state index < -0.39 is 0 Å². The zero-order valence-corrected chi connectivity index (χ0v) is 17.5. The number of hydrogen-bond donors (Lipinski definition) is 2. The maximum Gasteiger partial charge on any atom is 0.257 e. The Morgan fingerprint density at radius 1 is 1.28 bits per heavy atom. The van der Waals surface area contributed by atoms with Gasteiger partial charge < -0.3 is 15.0 Å². The van der Waals surface area contributed by atoms with Gasteiger partial charge in [0.25, 0.3) is 5.91 Å². The Kier molecular flexibility index (Phi) is 6.53. The Hall–Kier alpha value is -2.87. The molecule has 0 radical (unpaired) electrons. The van der Waals surface area contributed by atoms with E-state index in [1.54, 1.807) is 4.90 Å². The normalized spacial score (nSPS) is 17.2. The van der Waals surface area contributed by atoms with Crippen LogP contribution in [0, 0.1) is 20.8 Å². The Morgan fingerprint density at radius 2 is 2.07 bits per heavy atom. The third-order valence-electron chi connectivity index (χ3n) is 5.29. The number of ether oxygens (including phenoxy) is 1. The molecule has 0 spiro atoms. The molecule has 8 heteroatoms. The van der Waals surface area contributed by atoms with E-state index in [1.165, 1.54) is 11.8 Å². The van der Waals surface area contributed by atoms with Crippen LogP contribution in [0.2, 0.25) is 0 Å². The highest BCUT2D eigenvalue weighted by Gasteiger charge is 2.33. The predicted octanol–water partition coefficient (Wildman–Crippen LogP) is 1.29. The number of amides is 2. The number of nitrogens with one attached hydrogen (secondary N) is 2. The van der Waals surface area contributed by atoms with Gasteiger partial charge in [-0.15, -0.1) is 0 Å². The maximum atomic E-state index is 12.7. The Morgan fingerprint density at radius 3 is 2.76 bits per heavy atom. The fourth-order valence-corrected chi connectivity index (χ4v) is 3.49. The number of aromatic amines is 1. The fraction of sp³-hybridized carbons (Fsp3) is 0.476. The molecule has 2 N–H and O–H groups in total. The summed E-state index contributed by atoms with van der Waals surface area (Å²) in [6, 6.07) is 5.63. The predicted molar refractivity (Wildman–Crippen MR) is 110 cm³/mol. The van der Waals surface area contributed by atoms with Gasteiger partial charge in [-0.2, -0.15) is 5.10 Å². The Labute approximate surface area is 171 Å². The summed E-state index contributed by atoms with van der Waals surface area (Å²) in [6.45, 7) is 8.23. The smallest absolute Gasteiger partial charge is 0.257 e. The third kappa shape index (κ3) is 4.95. The first-order valence-electron chi connectivity index (χ1n) is 9.84. The molecule has 2 heterocycles. The molecule has 3 rings (SSSR count). The summed E-state index contributed by atoms with van der Waals surface area (Å²) in [5, 5.41) is 9.63. The highest BCUT2D eigenvalue weighted by atomic mass is 16.5. The van der Waals surface area contributed by atoms with Crippen LogP contribution in [0.3, 0.4) is 0 Å². The van der Waals surface area contributed by atoms with Crippen LogP contribution in [0.1, 0.15) is 27.2 Å². The lowest BCUT2D eigenvalue weighted by atomic mass is 10.1. The monoisotopic (exact) mass is 399 g/mol. The van der Waals surface area contributed by atoms with Crippen molar-refractivity contribution in [2.75, 3.05) is 39.8 Å². The maximum absolute atomic E-state index is 12.7. The molecule has 1 fully saturated rings. The van der Waals surface area contributed by atoms with Crippen molar-refractivity contribution in [3.63, 3.8) is 0 Å². The summed E-state index contributed by atoms with van der Waals surface area (Å²) in [7, 11) is 1.90. The number of aromatic nitrogens is 2. The van der Waals surface area contributed by atoms with Gasteiger partial charge in [-0.25, -0.2) is 0 Å². The van der Waals surface area contributed by atoms with Crippen LogP contribution in [0.25, 0.3) is 0 Å². The zero-order chi connectivity index (χ0) is 21.0. The topological polar surface area (TPSA) is 90.6 Å². The first kappa shape index (κ1) is 20.9. The average Bonchev–Trinajstić information content (AvgIpc) is 3.12. The molecule has 1 atom stereocenters. The van der Waals surface area contributed by atoms with Gasteiger partial charge >= 0.3 is 0 Å². The lowest BCUT2D eigenvalue weighted by Crippen LogP contribution is -2.59. The van der Waals surface area contributed by atoms with Crippen LogP contribution in [0.4, 0.5) is 0 Å². The number of nitrogens with zero attached hydrogens (tertiary/aromatic N) is 3. The second-order valence-electron chi connectivity index (χ2n) is 7.56. The Balaban J connectivity index is 1.51. The van der Waals surface area contributed by atoms with Gasteiger partial charge in [0, 0.05) is 25.3 Å². The molecule has 8 nitrogen and oxygen atoms in total. The van der Waals surface area contributed by atoms with Crippen molar-refractivity contribution in [1.82, 2.24) is 25.3 Å². The lowest BCUT2D eigenvalue weighted by Gasteiger charge is -2.38. The molecule has 0 aliphatic carbocycles. The van der Waals surface area contributed by atoms with Gasteiger partial charge in [0.05, 0.1) is 18.3 Å². The summed E-state index contributed by atoms with van der Waals surface area (Å²) in [5.41, 5.74) is 3.55. The first-order valence-corrected chi connectivity index (χ1v) is 9.84. The van der Waals surface area contributed by atoms with Crippen molar-refractivity contribution < 1.29 is 14.3 Å². The minimum Gasteiger partial charge on any atom is -0.491 e. The molecular formula is C21H29N5O3. The SMILES string of the molecule is Cc1ccc(OCCNC(=O)C2CN(C(=O)c3cn[nH]c3C)CCN2C)c(C)c1. The van der Waals surface area contributed by atoms with E-state index in [2.05, 4.69) is 21.6 Å². The minimum absolute atomic E-state index is 0.0969. The fourth-order valence-electron chi connectivity index (χ4n) is 3.49. The van der Waals surface area contributed by atoms with Gasteiger partial charge in [-0.3, -0.25) is 19.6 Å². The van der Waals surface area contributed by atoms with Crippen LogP contribution in [0.15, 0.2) is 24.4 Å². The lowest BCUT2D eigenvalue weighted by molar-refractivity contribution is -0.127. The molecule has 0 saturated carbocycles. The molecule has 2 amide bonds. The quantitative estimate of drug-likeness (QED) is 0.715. The highest BCUT2D eigenvalue weighted by Crippen LogP contribution is 2.18. The molecule has 1 saturated heterocycles. The third-order valence-corrected chi connectivity index (χ3v) is 5.29. The molecule has 1 unspecified atom stereocenters. The number of benzene rings is 1. The molecule has 29 heavy (non-hydrogen) atoms. The van der Waals surface area contributed by atoms with Crippen LogP contribution in [0.5, 0.6) is 5.75 Å². The van der Waals surface area contributed by atoms with Crippen LogP contribution < -0.4 is 10.1 Å². The van der Waals surface area contributed by atoms with E-state index in [-0.39, 0.29) is 17.9 Å². The van der Waals surface area contributed by atoms with Gasteiger partial charge in [-0.05, 0) is 39.4 Å². The number of hydrogen-bond acceptors (Lipinski definition) is 5. The van der Waals surface area contributed by atoms with Gasteiger partial charge in [-0.1, -0.05) is 17.7 Å². The number of likely N-dealkylation sites (N-methyl/N-ethyl adjacent to an activating group) is 1. The summed E-state index contributed by atoms with van der Waals surface area (Å²) in [4.78, 5) is 29.1. The molecule has 1 aliphatic rings. The standard InChI is InChI=1S/C21H29N5O3/c1-14-5-6-19(15(2)11-14)29-10-7-22-20(27)18-13-26(9-8-25(18)4)21(28)17-12-23-24-16(17)3/h5-6,11-12,18H,7-10,13H2,1-4H3,(H,22,27)(H,23,24). The van der Waals surface area contributed by atoms with Crippen molar-refractivity contribution in [1.29, 1.82) is 0 Å². The van der Waals surface area contributed by atoms with Crippen molar-refractivity contribution in [3.8, 4) is 5.75 Å². The molecule has 1 aromatic carbocycles. The number of carbonyl (C=O) groups is 2. The van der Waals surface area contributed by atoms with Crippen LogP contribution in [-0.2, 0) is 4.79 Å². The van der Waals surface area contributed by atoms with Crippen molar-refractivity contribution in [2.24, 2.45) is 0 Å². The van der Waals surface area contributed by atoms with Crippen LogP contribution in [-0.4, -0.2) is 77.7 Å². The molecule has 0 bridgehead atoms. The summed E-state index contributed by atoms with van der Waals surface area (Å²) in [6.07, 6.45) is 1.54. The van der Waals surface area contributed by atoms with E-state index in [4.69, 9.17) is 4.74 Å². The second kappa shape index (κ2) is 9.09. The zero-order valence-electron chi connectivity index (χ0n) is 17.5.